The number of ether oxygens (including phenoxy) is 1. The highest BCUT2D eigenvalue weighted by Gasteiger charge is 2.23. The van der Waals surface area contributed by atoms with Gasteiger partial charge in [-0.3, -0.25) is 14.7 Å². The van der Waals surface area contributed by atoms with Crippen LogP contribution in [0, 0.1) is 0 Å². The van der Waals surface area contributed by atoms with Gasteiger partial charge in [-0.1, -0.05) is 19.1 Å². The van der Waals surface area contributed by atoms with Crippen LogP contribution in [-0.4, -0.2) is 48.6 Å². The van der Waals surface area contributed by atoms with E-state index in [1.165, 1.54) is 6.42 Å². The Kier molecular flexibility index (Phi) is 5.66. The van der Waals surface area contributed by atoms with E-state index in [-0.39, 0.29) is 5.91 Å². The number of rotatable bonds is 6. The molecule has 1 aliphatic heterocycles. The van der Waals surface area contributed by atoms with Crippen LogP contribution in [0.25, 0.3) is 11.3 Å². The largest absolute Gasteiger partial charge is 0.494 e. The minimum atomic E-state index is -0.0419. The summed E-state index contributed by atoms with van der Waals surface area (Å²) in [6.07, 6.45) is 4.09. The van der Waals surface area contributed by atoms with Crippen LogP contribution in [0.5, 0.6) is 5.75 Å². The van der Waals surface area contributed by atoms with Crippen molar-refractivity contribution in [1.29, 1.82) is 0 Å². The van der Waals surface area contributed by atoms with Crippen LogP contribution >= 0.6 is 0 Å². The molecule has 0 bridgehead atoms. The van der Waals surface area contributed by atoms with Crippen molar-refractivity contribution in [2.24, 2.45) is 0 Å². The maximum atomic E-state index is 12.6. The summed E-state index contributed by atoms with van der Waals surface area (Å²) in [5, 5.41) is 3.08. The fourth-order valence-corrected chi connectivity index (χ4v) is 3.43. The molecule has 1 atom stereocenters. The number of aromatic nitrogens is 1. The van der Waals surface area contributed by atoms with E-state index in [0.717, 1.165) is 30.8 Å². The Morgan fingerprint density at radius 3 is 3.04 bits per heavy atom. The predicted octanol–water partition coefficient (Wildman–Crippen LogP) is 2.97. The van der Waals surface area contributed by atoms with Crippen molar-refractivity contribution < 1.29 is 9.53 Å². The van der Waals surface area contributed by atoms with E-state index in [0.29, 0.717) is 23.9 Å². The molecule has 1 fully saturated rings. The molecule has 5 nitrogen and oxygen atoms in total. The molecule has 3 rings (SSSR count). The van der Waals surface area contributed by atoms with Gasteiger partial charge in [0.1, 0.15) is 11.4 Å². The number of amides is 1. The van der Waals surface area contributed by atoms with Gasteiger partial charge >= 0.3 is 0 Å². The lowest BCUT2D eigenvalue weighted by atomic mass is 10.1. The van der Waals surface area contributed by atoms with Crippen molar-refractivity contribution in [1.82, 2.24) is 15.2 Å². The van der Waals surface area contributed by atoms with Crippen molar-refractivity contribution in [2.75, 3.05) is 26.7 Å². The smallest absolute Gasteiger partial charge is 0.251 e. The number of benzene rings is 1. The van der Waals surface area contributed by atoms with Gasteiger partial charge in [-0.2, -0.15) is 0 Å². The Bertz CT molecular complexity index is 732. The molecule has 0 unspecified atom stereocenters. The first-order valence-corrected chi connectivity index (χ1v) is 8.84. The molecule has 1 aromatic carbocycles. The Labute approximate surface area is 149 Å². The van der Waals surface area contributed by atoms with Crippen molar-refractivity contribution in [2.45, 2.75) is 25.8 Å². The first-order valence-electron chi connectivity index (χ1n) is 8.84. The number of carbonyl (C=O) groups is 1. The fraction of sp³-hybridized carbons (Fsp3) is 0.400. The Balaban J connectivity index is 1.71. The standard InChI is InChI=1S/C20H25N3O2/c1-3-23-12-6-9-17(23)14-22-20(24)16-8-4-7-15(13-16)19-18(25-2)10-5-11-21-19/h4-5,7-8,10-11,13,17H,3,6,9,12,14H2,1-2H3,(H,22,24)/t17-/m1/s1. The second-order valence-corrected chi connectivity index (χ2v) is 6.27. The van der Waals surface area contributed by atoms with Crippen LogP contribution < -0.4 is 10.1 Å². The van der Waals surface area contributed by atoms with Crippen molar-refractivity contribution in [3.8, 4) is 17.0 Å². The molecule has 0 spiro atoms. The molecule has 0 aliphatic carbocycles. The minimum absolute atomic E-state index is 0.0419. The lowest BCUT2D eigenvalue weighted by Crippen LogP contribution is -2.40. The Morgan fingerprint density at radius 2 is 2.24 bits per heavy atom. The molecular formula is C20H25N3O2. The summed E-state index contributed by atoms with van der Waals surface area (Å²) in [4.78, 5) is 19.4. The summed E-state index contributed by atoms with van der Waals surface area (Å²) in [6, 6.07) is 11.7. The van der Waals surface area contributed by atoms with E-state index in [1.807, 2.05) is 36.4 Å². The Morgan fingerprint density at radius 1 is 1.36 bits per heavy atom. The molecule has 0 radical (unpaired) electrons. The van der Waals surface area contributed by atoms with Crippen LogP contribution in [0.2, 0.25) is 0 Å². The van der Waals surface area contributed by atoms with Crippen LogP contribution in [0.1, 0.15) is 30.1 Å². The monoisotopic (exact) mass is 339 g/mol. The third-order valence-corrected chi connectivity index (χ3v) is 4.79. The van der Waals surface area contributed by atoms with E-state index >= 15 is 0 Å². The highest BCUT2D eigenvalue weighted by atomic mass is 16.5. The average Bonchev–Trinajstić information content (AvgIpc) is 3.13. The molecule has 1 N–H and O–H groups in total. The predicted molar refractivity (Wildman–Crippen MR) is 98.8 cm³/mol. The number of nitrogens with zero attached hydrogens (tertiary/aromatic N) is 2. The summed E-state index contributed by atoms with van der Waals surface area (Å²) >= 11 is 0. The molecule has 1 amide bonds. The van der Waals surface area contributed by atoms with E-state index in [9.17, 15) is 4.79 Å². The number of likely N-dealkylation sites (N-methyl/N-ethyl adjacent to an activating group) is 1. The van der Waals surface area contributed by atoms with E-state index in [1.54, 1.807) is 13.3 Å². The number of hydrogen-bond acceptors (Lipinski definition) is 4. The quantitative estimate of drug-likeness (QED) is 0.879. The van der Waals surface area contributed by atoms with Gasteiger partial charge in [-0.25, -0.2) is 0 Å². The Hall–Kier alpha value is -2.40. The maximum absolute atomic E-state index is 12.6. The molecule has 132 valence electrons. The number of methoxy groups -OCH3 is 1. The second kappa shape index (κ2) is 8.12. The summed E-state index contributed by atoms with van der Waals surface area (Å²) in [6.45, 7) is 5.04. The zero-order valence-electron chi connectivity index (χ0n) is 14.9. The van der Waals surface area contributed by atoms with Gasteiger partial charge in [0, 0.05) is 29.9 Å². The lowest BCUT2D eigenvalue weighted by Gasteiger charge is -2.22. The fourth-order valence-electron chi connectivity index (χ4n) is 3.43. The van der Waals surface area contributed by atoms with Crippen LogP contribution in [0.3, 0.4) is 0 Å². The maximum Gasteiger partial charge on any atom is 0.251 e. The van der Waals surface area contributed by atoms with Gasteiger partial charge in [-0.15, -0.1) is 0 Å². The van der Waals surface area contributed by atoms with Gasteiger partial charge in [0.2, 0.25) is 0 Å². The first kappa shape index (κ1) is 17.4. The topological polar surface area (TPSA) is 54.5 Å². The highest BCUT2D eigenvalue weighted by molar-refractivity contribution is 5.95. The van der Waals surface area contributed by atoms with Crippen LogP contribution in [-0.2, 0) is 0 Å². The first-order chi connectivity index (χ1) is 12.2. The normalized spacial score (nSPS) is 17.4. The number of carbonyl (C=O) groups excluding carboxylic acids is 1. The zero-order chi connectivity index (χ0) is 17.6. The van der Waals surface area contributed by atoms with E-state index < -0.39 is 0 Å². The number of nitrogens with one attached hydrogen (secondary N) is 1. The van der Waals surface area contributed by atoms with Gasteiger partial charge in [0.25, 0.3) is 5.91 Å². The lowest BCUT2D eigenvalue weighted by molar-refractivity contribution is 0.0941. The molecule has 1 aromatic heterocycles. The van der Waals surface area contributed by atoms with Gasteiger partial charge in [0.15, 0.2) is 0 Å². The third kappa shape index (κ3) is 3.99. The van der Waals surface area contributed by atoms with Gasteiger partial charge < -0.3 is 10.1 Å². The number of likely N-dealkylation sites (tertiary alicyclic amines) is 1. The molecule has 2 heterocycles. The average molecular weight is 339 g/mol. The van der Waals surface area contributed by atoms with Gasteiger partial charge in [0.05, 0.1) is 7.11 Å². The molecular weight excluding hydrogens is 314 g/mol. The van der Waals surface area contributed by atoms with Crippen LogP contribution in [0.4, 0.5) is 0 Å². The summed E-state index contributed by atoms with van der Waals surface area (Å²) in [5.74, 6) is 0.657. The van der Waals surface area contributed by atoms with Crippen molar-refractivity contribution in [3.63, 3.8) is 0 Å². The summed E-state index contributed by atoms with van der Waals surface area (Å²) in [7, 11) is 1.62. The molecule has 1 aliphatic rings. The van der Waals surface area contributed by atoms with Gasteiger partial charge in [-0.05, 0) is 50.2 Å². The molecule has 2 aromatic rings. The minimum Gasteiger partial charge on any atom is -0.494 e. The molecule has 5 heteroatoms. The zero-order valence-corrected chi connectivity index (χ0v) is 14.9. The third-order valence-electron chi connectivity index (χ3n) is 4.79. The summed E-state index contributed by atoms with van der Waals surface area (Å²) in [5.41, 5.74) is 2.26. The van der Waals surface area contributed by atoms with E-state index in [2.05, 4.69) is 22.1 Å². The van der Waals surface area contributed by atoms with Crippen LogP contribution in [0.15, 0.2) is 42.6 Å². The molecule has 1 saturated heterocycles. The number of pyridine rings is 1. The number of hydrogen-bond donors (Lipinski definition) is 1. The summed E-state index contributed by atoms with van der Waals surface area (Å²) < 4.78 is 5.37. The second-order valence-electron chi connectivity index (χ2n) is 6.27. The molecule has 0 saturated carbocycles. The SMILES string of the molecule is CCN1CCC[C@@H]1CNC(=O)c1cccc(-c2ncccc2OC)c1. The van der Waals surface area contributed by atoms with E-state index in [4.69, 9.17) is 4.74 Å². The highest BCUT2D eigenvalue weighted by Crippen LogP contribution is 2.27. The van der Waals surface area contributed by atoms with Crippen molar-refractivity contribution in [3.05, 3.63) is 48.2 Å². The molecule has 25 heavy (non-hydrogen) atoms. The van der Waals surface area contributed by atoms with Crippen molar-refractivity contribution >= 4 is 5.91 Å².